The highest BCUT2D eigenvalue weighted by molar-refractivity contribution is 8.01. The van der Waals surface area contributed by atoms with E-state index in [-0.39, 0.29) is 10.7 Å². The van der Waals surface area contributed by atoms with Crippen LogP contribution in [0.4, 0.5) is 5.69 Å². The molecule has 0 saturated carbocycles. The molecule has 0 saturated heterocycles. The van der Waals surface area contributed by atoms with Gasteiger partial charge in [-0.1, -0.05) is 46.8 Å². The van der Waals surface area contributed by atoms with Gasteiger partial charge in [0.25, 0.3) is 0 Å². The molecule has 0 aliphatic rings. The molecule has 0 atom stereocenters. The van der Waals surface area contributed by atoms with E-state index in [0.717, 1.165) is 31.1 Å². The Hall–Kier alpha value is -1.20. The van der Waals surface area contributed by atoms with Crippen LogP contribution in [0.5, 0.6) is 5.75 Å². The average Bonchev–Trinajstić information content (AvgIpc) is 2.50. The highest BCUT2D eigenvalue weighted by Gasteiger charge is 2.14. The predicted molar refractivity (Wildman–Crippen MR) is 101 cm³/mol. The molecule has 1 amide bonds. The first-order valence-electron chi connectivity index (χ1n) is 8.23. The highest BCUT2D eigenvalue weighted by atomic mass is 32.2. The molecule has 0 heterocycles. The van der Waals surface area contributed by atoms with Gasteiger partial charge in [-0.3, -0.25) is 4.79 Å². The fourth-order valence-corrected chi connectivity index (χ4v) is 2.62. The molecule has 0 bridgehead atoms. The number of ether oxygens (including phenoxy) is 1. The number of nitrogens with one attached hydrogen (secondary N) is 1. The Morgan fingerprint density at radius 1 is 1.22 bits per heavy atom. The minimum absolute atomic E-state index is 0.00437. The Kier molecular flexibility index (Phi) is 8.48. The zero-order valence-corrected chi connectivity index (χ0v) is 15.8. The smallest absolute Gasteiger partial charge is 0.234 e. The predicted octanol–water partition coefficient (Wildman–Crippen LogP) is 3.88. The Morgan fingerprint density at radius 2 is 1.87 bits per heavy atom. The van der Waals surface area contributed by atoms with Gasteiger partial charge >= 0.3 is 0 Å². The van der Waals surface area contributed by atoms with Crippen LogP contribution < -0.4 is 10.1 Å². The molecule has 0 spiro atoms. The number of likely N-dealkylation sites (N-methyl/N-ethyl adjacent to an activating group) is 1. The molecule has 1 N–H and O–H groups in total. The molecule has 5 heteroatoms. The summed E-state index contributed by atoms with van der Waals surface area (Å²) in [6.45, 7) is 14.1. The maximum Gasteiger partial charge on any atom is 0.234 e. The molecule has 1 rings (SSSR count). The third-order valence-electron chi connectivity index (χ3n) is 3.36. The Morgan fingerprint density at radius 3 is 2.48 bits per heavy atom. The summed E-state index contributed by atoms with van der Waals surface area (Å²) in [5.41, 5.74) is 0.742. The van der Waals surface area contributed by atoms with E-state index in [4.69, 9.17) is 4.74 Å². The molecule has 0 aliphatic carbocycles. The first kappa shape index (κ1) is 19.8. The molecule has 0 aliphatic heterocycles. The van der Waals surface area contributed by atoms with Crippen molar-refractivity contribution in [3.63, 3.8) is 0 Å². The number of hydrogen-bond acceptors (Lipinski definition) is 4. The van der Waals surface area contributed by atoms with Gasteiger partial charge in [0.15, 0.2) is 0 Å². The van der Waals surface area contributed by atoms with E-state index in [9.17, 15) is 4.79 Å². The minimum Gasteiger partial charge on any atom is -0.490 e. The summed E-state index contributed by atoms with van der Waals surface area (Å²) in [6, 6.07) is 7.61. The van der Waals surface area contributed by atoms with Gasteiger partial charge in [-0.05, 0) is 25.2 Å². The number of carbonyl (C=O) groups is 1. The topological polar surface area (TPSA) is 41.6 Å². The highest BCUT2D eigenvalue weighted by Crippen LogP contribution is 2.26. The molecule has 23 heavy (non-hydrogen) atoms. The van der Waals surface area contributed by atoms with Crippen LogP contribution in [0.1, 0.15) is 34.6 Å². The molecule has 0 radical (unpaired) electrons. The standard InChI is InChI=1S/C18H30N2O2S/c1-6-20(7-2)12-13-22-16-11-9-8-10-15(16)19-17(21)14-23-18(3,4)5/h8-11H,6-7,12-14H2,1-5H3,(H,19,21). The molecule has 4 nitrogen and oxygen atoms in total. The van der Waals surface area contributed by atoms with E-state index in [2.05, 4.69) is 44.8 Å². The number of anilines is 1. The fourth-order valence-electron chi connectivity index (χ4n) is 1.99. The van der Waals surface area contributed by atoms with Crippen LogP contribution in [-0.2, 0) is 4.79 Å². The number of rotatable bonds is 9. The number of para-hydroxylation sites is 2. The lowest BCUT2D eigenvalue weighted by atomic mass is 10.3. The van der Waals surface area contributed by atoms with Crippen LogP contribution in [0.15, 0.2) is 24.3 Å². The van der Waals surface area contributed by atoms with Gasteiger partial charge in [0.05, 0.1) is 11.4 Å². The van der Waals surface area contributed by atoms with Crippen LogP contribution in [0.2, 0.25) is 0 Å². The summed E-state index contributed by atoms with van der Waals surface area (Å²) in [7, 11) is 0. The van der Waals surface area contributed by atoms with Gasteiger partial charge in [0.2, 0.25) is 5.91 Å². The summed E-state index contributed by atoms with van der Waals surface area (Å²) < 4.78 is 5.93. The second kappa shape index (κ2) is 9.83. The third-order valence-corrected chi connectivity index (χ3v) is 4.63. The Balaban J connectivity index is 2.54. The molecule has 0 fully saturated rings. The summed E-state index contributed by atoms with van der Waals surface area (Å²) >= 11 is 1.63. The molecular weight excluding hydrogens is 308 g/mol. The van der Waals surface area contributed by atoms with Crippen molar-refractivity contribution in [3.05, 3.63) is 24.3 Å². The van der Waals surface area contributed by atoms with Gasteiger partial charge in [0, 0.05) is 11.3 Å². The van der Waals surface area contributed by atoms with E-state index < -0.39 is 0 Å². The van der Waals surface area contributed by atoms with Crippen LogP contribution in [0.25, 0.3) is 0 Å². The number of amides is 1. The van der Waals surface area contributed by atoms with Gasteiger partial charge in [-0.15, -0.1) is 11.8 Å². The van der Waals surface area contributed by atoms with Crippen molar-refractivity contribution in [3.8, 4) is 5.75 Å². The lowest BCUT2D eigenvalue weighted by Crippen LogP contribution is -2.28. The number of hydrogen-bond donors (Lipinski definition) is 1. The van der Waals surface area contributed by atoms with E-state index in [1.807, 2.05) is 24.3 Å². The van der Waals surface area contributed by atoms with Gasteiger partial charge in [-0.25, -0.2) is 0 Å². The molecular formula is C18H30N2O2S. The number of carbonyl (C=O) groups excluding carboxylic acids is 1. The normalized spacial score (nSPS) is 11.6. The minimum atomic E-state index is 0.00437. The Bertz CT molecular complexity index is 482. The third kappa shape index (κ3) is 8.28. The number of benzene rings is 1. The van der Waals surface area contributed by atoms with Crippen LogP contribution in [0, 0.1) is 0 Å². The van der Waals surface area contributed by atoms with Crippen molar-refractivity contribution in [1.29, 1.82) is 0 Å². The van der Waals surface area contributed by atoms with Crippen LogP contribution >= 0.6 is 11.8 Å². The largest absolute Gasteiger partial charge is 0.490 e. The zero-order valence-electron chi connectivity index (χ0n) is 15.0. The summed E-state index contributed by atoms with van der Waals surface area (Å²) in [5, 5.41) is 2.95. The van der Waals surface area contributed by atoms with Gasteiger partial charge in [0.1, 0.15) is 12.4 Å². The maximum absolute atomic E-state index is 12.1. The first-order chi connectivity index (χ1) is 10.9. The van der Waals surface area contributed by atoms with E-state index in [1.54, 1.807) is 11.8 Å². The SMILES string of the molecule is CCN(CC)CCOc1ccccc1NC(=O)CSC(C)(C)C. The van der Waals surface area contributed by atoms with Crippen LogP contribution in [-0.4, -0.2) is 47.5 Å². The second-order valence-corrected chi connectivity index (χ2v) is 8.12. The van der Waals surface area contributed by atoms with Crippen molar-refractivity contribution in [1.82, 2.24) is 4.90 Å². The molecule has 130 valence electrons. The van der Waals surface area contributed by atoms with E-state index >= 15 is 0 Å². The Labute approximate surface area is 145 Å². The molecule has 0 unspecified atom stereocenters. The van der Waals surface area contributed by atoms with Gasteiger partial charge in [-0.2, -0.15) is 0 Å². The van der Waals surface area contributed by atoms with Crippen molar-refractivity contribution in [2.24, 2.45) is 0 Å². The maximum atomic E-state index is 12.1. The lowest BCUT2D eigenvalue weighted by Gasteiger charge is -2.19. The van der Waals surface area contributed by atoms with Crippen molar-refractivity contribution in [2.45, 2.75) is 39.4 Å². The second-order valence-electron chi connectivity index (χ2n) is 6.32. The van der Waals surface area contributed by atoms with Crippen molar-refractivity contribution < 1.29 is 9.53 Å². The van der Waals surface area contributed by atoms with Crippen molar-refractivity contribution >= 4 is 23.4 Å². The van der Waals surface area contributed by atoms with E-state index in [1.165, 1.54) is 0 Å². The average molecular weight is 339 g/mol. The monoisotopic (exact) mass is 338 g/mol. The van der Waals surface area contributed by atoms with Crippen LogP contribution in [0.3, 0.4) is 0 Å². The first-order valence-corrected chi connectivity index (χ1v) is 9.22. The van der Waals surface area contributed by atoms with Gasteiger partial charge < -0.3 is 15.0 Å². The quantitative estimate of drug-likeness (QED) is 0.742. The zero-order chi connectivity index (χ0) is 17.3. The fraction of sp³-hybridized carbons (Fsp3) is 0.611. The molecule has 1 aromatic rings. The number of nitrogens with zero attached hydrogens (tertiary/aromatic N) is 1. The molecule has 0 aromatic heterocycles. The molecule has 1 aromatic carbocycles. The summed E-state index contributed by atoms with van der Waals surface area (Å²) in [4.78, 5) is 14.4. The summed E-state index contributed by atoms with van der Waals surface area (Å²) in [5.74, 6) is 1.18. The summed E-state index contributed by atoms with van der Waals surface area (Å²) in [6.07, 6.45) is 0. The number of thioether (sulfide) groups is 1. The van der Waals surface area contributed by atoms with Crippen molar-refractivity contribution in [2.75, 3.05) is 37.3 Å². The van der Waals surface area contributed by atoms with E-state index in [0.29, 0.717) is 12.4 Å². The lowest BCUT2D eigenvalue weighted by molar-refractivity contribution is -0.113.